The number of anilines is 3. The molecule has 1 aliphatic rings. The smallest absolute Gasteiger partial charge is 0.135 e. The Labute approximate surface area is 136 Å². The topological polar surface area (TPSA) is 49.8 Å². The molecule has 0 spiro atoms. The van der Waals surface area contributed by atoms with Gasteiger partial charge in [-0.2, -0.15) is 0 Å². The van der Waals surface area contributed by atoms with Crippen LogP contribution in [0.5, 0.6) is 0 Å². The van der Waals surface area contributed by atoms with Crippen LogP contribution in [0.2, 0.25) is 5.02 Å². The highest BCUT2D eigenvalue weighted by Gasteiger charge is 2.15. The van der Waals surface area contributed by atoms with Crippen LogP contribution in [0, 0.1) is 13.8 Å². The highest BCUT2D eigenvalue weighted by atomic mass is 35.5. The standard InChI is InChI=1S/C17H21ClN4/c1-11-7-12(2)17(14(18)8-11)22-16-9-15(19-10-20-16)21-13-5-3-4-6-13/h7-10,13H,3-6H2,1-2H3,(H2,19,20,21,22). The minimum Gasteiger partial charge on any atom is -0.367 e. The molecule has 0 atom stereocenters. The van der Waals surface area contributed by atoms with Gasteiger partial charge in [-0.3, -0.25) is 0 Å². The van der Waals surface area contributed by atoms with E-state index in [0.717, 1.165) is 28.5 Å². The second kappa shape index (κ2) is 6.53. The van der Waals surface area contributed by atoms with Crippen molar-refractivity contribution in [1.82, 2.24) is 9.97 Å². The van der Waals surface area contributed by atoms with Crippen molar-refractivity contribution in [1.29, 1.82) is 0 Å². The Kier molecular flexibility index (Phi) is 4.48. The quantitative estimate of drug-likeness (QED) is 0.847. The Balaban J connectivity index is 1.78. The summed E-state index contributed by atoms with van der Waals surface area (Å²) in [6, 6.07) is 6.53. The monoisotopic (exact) mass is 316 g/mol. The highest BCUT2D eigenvalue weighted by Crippen LogP contribution is 2.30. The molecule has 5 heteroatoms. The molecule has 1 aliphatic carbocycles. The molecule has 3 rings (SSSR count). The molecule has 2 aromatic rings. The Morgan fingerprint density at radius 1 is 1.05 bits per heavy atom. The molecule has 0 unspecified atom stereocenters. The van der Waals surface area contributed by atoms with E-state index in [1.54, 1.807) is 6.33 Å². The molecule has 2 N–H and O–H groups in total. The van der Waals surface area contributed by atoms with Crippen LogP contribution in [0.4, 0.5) is 17.3 Å². The molecule has 0 bridgehead atoms. The summed E-state index contributed by atoms with van der Waals surface area (Å²) in [7, 11) is 0. The number of aryl methyl sites for hydroxylation is 2. The lowest BCUT2D eigenvalue weighted by Gasteiger charge is -2.15. The van der Waals surface area contributed by atoms with Gasteiger partial charge in [-0.05, 0) is 43.9 Å². The van der Waals surface area contributed by atoms with E-state index < -0.39 is 0 Å². The van der Waals surface area contributed by atoms with Crippen molar-refractivity contribution in [3.05, 3.63) is 40.7 Å². The van der Waals surface area contributed by atoms with Crippen molar-refractivity contribution >= 4 is 28.9 Å². The summed E-state index contributed by atoms with van der Waals surface area (Å²) in [5.41, 5.74) is 3.16. The molecule has 4 nitrogen and oxygen atoms in total. The van der Waals surface area contributed by atoms with Gasteiger partial charge in [0, 0.05) is 12.1 Å². The van der Waals surface area contributed by atoms with E-state index in [2.05, 4.69) is 26.7 Å². The third-order valence-electron chi connectivity index (χ3n) is 4.06. The van der Waals surface area contributed by atoms with E-state index in [4.69, 9.17) is 11.6 Å². The van der Waals surface area contributed by atoms with Crippen LogP contribution in [0.3, 0.4) is 0 Å². The van der Waals surface area contributed by atoms with Crippen LogP contribution in [0.1, 0.15) is 36.8 Å². The SMILES string of the molecule is Cc1cc(C)c(Nc2cc(NC3CCCC3)ncn2)c(Cl)c1. The summed E-state index contributed by atoms with van der Waals surface area (Å²) < 4.78 is 0. The van der Waals surface area contributed by atoms with Gasteiger partial charge >= 0.3 is 0 Å². The Morgan fingerprint density at radius 2 is 1.77 bits per heavy atom. The number of halogens is 1. The number of nitrogens with zero attached hydrogens (tertiary/aromatic N) is 2. The first-order chi connectivity index (χ1) is 10.6. The lowest BCUT2D eigenvalue weighted by Crippen LogP contribution is -2.15. The average Bonchev–Trinajstić information content (AvgIpc) is 2.96. The third-order valence-corrected chi connectivity index (χ3v) is 4.36. The van der Waals surface area contributed by atoms with Gasteiger partial charge in [0.15, 0.2) is 0 Å². The molecular weight excluding hydrogens is 296 g/mol. The first kappa shape index (κ1) is 15.1. The maximum Gasteiger partial charge on any atom is 0.135 e. The van der Waals surface area contributed by atoms with Crippen LogP contribution < -0.4 is 10.6 Å². The van der Waals surface area contributed by atoms with Gasteiger partial charge in [0.05, 0.1) is 10.7 Å². The maximum absolute atomic E-state index is 6.34. The third kappa shape index (κ3) is 3.50. The zero-order valence-electron chi connectivity index (χ0n) is 13.0. The van der Waals surface area contributed by atoms with Gasteiger partial charge in [0.2, 0.25) is 0 Å². The largest absolute Gasteiger partial charge is 0.367 e. The molecule has 0 radical (unpaired) electrons. The molecule has 22 heavy (non-hydrogen) atoms. The zero-order valence-corrected chi connectivity index (χ0v) is 13.7. The molecule has 1 aromatic carbocycles. The summed E-state index contributed by atoms with van der Waals surface area (Å²) in [6.07, 6.45) is 6.61. The molecule has 0 amide bonds. The first-order valence-electron chi connectivity index (χ1n) is 7.74. The fourth-order valence-electron chi connectivity index (χ4n) is 2.99. The summed E-state index contributed by atoms with van der Waals surface area (Å²) in [5, 5.41) is 7.50. The van der Waals surface area contributed by atoms with Crippen LogP contribution in [0.25, 0.3) is 0 Å². The first-order valence-corrected chi connectivity index (χ1v) is 8.12. The van der Waals surface area contributed by atoms with Crippen LogP contribution in [0.15, 0.2) is 24.5 Å². The number of nitrogens with one attached hydrogen (secondary N) is 2. The van der Waals surface area contributed by atoms with E-state index >= 15 is 0 Å². The molecule has 1 aromatic heterocycles. The summed E-state index contributed by atoms with van der Waals surface area (Å²) in [6.45, 7) is 4.08. The number of rotatable bonds is 4. The minimum absolute atomic E-state index is 0.535. The van der Waals surface area contributed by atoms with Gasteiger partial charge in [-0.15, -0.1) is 0 Å². The predicted octanol–water partition coefficient (Wildman–Crippen LogP) is 4.84. The zero-order chi connectivity index (χ0) is 15.5. The van der Waals surface area contributed by atoms with Gasteiger partial charge in [-0.25, -0.2) is 9.97 Å². The Morgan fingerprint density at radius 3 is 2.50 bits per heavy atom. The fourth-order valence-corrected chi connectivity index (χ4v) is 3.35. The molecular formula is C17H21ClN4. The predicted molar refractivity (Wildman–Crippen MR) is 92.1 cm³/mol. The minimum atomic E-state index is 0.535. The summed E-state index contributed by atoms with van der Waals surface area (Å²) >= 11 is 6.34. The van der Waals surface area contributed by atoms with Crippen LogP contribution in [-0.2, 0) is 0 Å². The molecule has 1 saturated carbocycles. The van der Waals surface area contributed by atoms with Gasteiger partial charge in [-0.1, -0.05) is 30.5 Å². The molecule has 0 saturated heterocycles. The maximum atomic E-state index is 6.34. The van der Waals surface area contributed by atoms with Crippen molar-refractivity contribution < 1.29 is 0 Å². The number of aromatic nitrogens is 2. The van der Waals surface area contributed by atoms with E-state index in [1.165, 1.54) is 25.7 Å². The van der Waals surface area contributed by atoms with E-state index in [-0.39, 0.29) is 0 Å². The number of hydrogen-bond acceptors (Lipinski definition) is 4. The Bertz CT molecular complexity index is 642. The highest BCUT2D eigenvalue weighted by molar-refractivity contribution is 6.33. The average molecular weight is 317 g/mol. The van der Waals surface area contributed by atoms with Crippen molar-refractivity contribution in [2.45, 2.75) is 45.6 Å². The van der Waals surface area contributed by atoms with Crippen molar-refractivity contribution in [3.63, 3.8) is 0 Å². The lowest BCUT2D eigenvalue weighted by molar-refractivity contribution is 0.750. The van der Waals surface area contributed by atoms with E-state index in [9.17, 15) is 0 Å². The van der Waals surface area contributed by atoms with E-state index in [0.29, 0.717) is 11.1 Å². The van der Waals surface area contributed by atoms with Crippen LogP contribution in [-0.4, -0.2) is 16.0 Å². The van der Waals surface area contributed by atoms with Crippen LogP contribution >= 0.6 is 11.6 Å². The molecule has 0 aliphatic heterocycles. The molecule has 1 heterocycles. The molecule has 1 fully saturated rings. The second-order valence-electron chi connectivity index (χ2n) is 5.98. The summed E-state index contributed by atoms with van der Waals surface area (Å²) in [5.74, 6) is 1.62. The van der Waals surface area contributed by atoms with E-state index in [1.807, 2.05) is 26.0 Å². The number of benzene rings is 1. The van der Waals surface area contributed by atoms with Gasteiger partial charge in [0.1, 0.15) is 18.0 Å². The Hall–Kier alpha value is -1.81. The fraction of sp³-hybridized carbons (Fsp3) is 0.412. The van der Waals surface area contributed by atoms with Crippen molar-refractivity contribution in [2.24, 2.45) is 0 Å². The van der Waals surface area contributed by atoms with Gasteiger partial charge < -0.3 is 10.6 Å². The second-order valence-corrected chi connectivity index (χ2v) is 6.39. The summed E-state index contributed by atoms with van der Waals surface area (Å²) in [4.78, 5) is 8.60. The normalized spacial score (nSPS) is 15.0. The van der Waals surface area contributed by atoms with Gasteiger partial charge in [0.25, 0.3) is 0 Å². The van der Waals surface area contributed by atoms with Crippen molar-refractivity contribution in [3.8, 4) is 0 Å². The molecule has 116 valence electrons. The van der Waals surface area contributed by atoms with Crippen molar-refractivity contribution in [2.75, 3.05) is 10.6 Å². The lowest BCUT2D eigenvalue weighted by atomic mass is 10.1. The number of hydrogen-bond donors (Lipinski definition) is 2.